The third kappa shape index (κ3) is 6.73. The second-order valence-corrected chi connectivity index (χ2v) is 9.34. The van der Waals surface area contributed by atoms with E-state index in [0.29, 0.717) is 0 Å². The van der Waals surface area contributed by atoms with Crippen molar-refractivity contribution in [3.63, 3.8) is 0 Å². The van der Waals surface area contributed by atoms with Gasteiger partial charge in [-0.15, -0.1) is 0 Å². The molecule has 2 atom stereocenters. The lowest BCUT2D eigenvalue weighted by molar-refractivity contribution is -0.141. The molecule has 2 unspecified atom stereocenters. The third-order valence-electron chi connectivity index (χ3n) is 5.46. The van der Waals surface area contributed by atoms with Crippen molar-refractivity contribution in [3.8, 4) is 11.3 Å². The lowest BCUT2D eigenvalue weighted by Gasteiger charge is -2.28. The van der Waals surface area contributed by atoms with E-state index in [9.17, 15) is 32.7 Å². The monoisotopic (exact) mass is 524 g/mol. The van der Waals surface area contributed by atoms with Gasteiger partial charge in [0.2, 0.25) is 5.91 Å². The van der Waals surface area contributed by atoms with Crippen LogP contribution in [0.2, 0.25) is 0 Å². The van der Waals surface area contributed by atoms with Crippen molar-refractivity contribution >= 4 is 18.0 Å². The maximum atomic E-state index is 13.0. The average molecular weight is 524 g/mol. The number of hydrogen-bond acceptors (Lipinski definition) is 8. The molecule has 2 aromatic heterocycles. The van der Waals surface area contributed by atoms with Crippen molar-refractivity contribution in [2.45, 2.75) is 57.7 Å². The number of alkyl halides is 3. The summed E-state index contributed by atoms with van der Waals surface area (Å²) in [7, 11) is 1.16. The van der Waals surface area contributed by atoms with Crippen LogP contribution in [0.4, 0.5) is 18.0 Å². The van der Waals surface area contributed by atoms with Gasteiger partial charge in [0.1, 0.15) is 17.3 Å². The molecule has 1 aliphatic rings. The van der Waals surface area contributed by atoms with E-state index in [2.05, 4.69) is 15.3 Å². The van der Waals surface area contributed by atoms with E-state index >= 15 is 0 Å². The second-order valence-electron chi connectivity index (χ2n) is 9.34. The Labute approximate surface area is 210 Å². The quantitative estimate of drug-likeness (QED) is 0.571. The lowest BCUT2D eigenvalue weighted by Crippen LogP contribution is -2.51. The van der Waals surface area contributed by atoms with Crippen LogP contribution in [0.1, 0.15) is 48.8 Å². The maximum absolute atomic E-state index is 13.0. The number of rotatable bonds is 5. The van der Waals surface area contributed by atoms with Crippen LogP contribution in [0, 0.1) is 0 Å². The first-order valence-electron chi connectivity index (χ1n) is 11.3. The Morgan fingerprint density at radius 3 is 2.43 bits per heavy atom. The molecule has 13 heteroatoms. The van der Waals surface area contributed by atoms with Gasteiger partial charge in [0.25, 0.3) is 0 Å². The van der Waals surface area contributed by atoms with Gasteiger partial charge in [-0.3, -0.25) is 19.7 Å². The van der Waals surface area contributed by atoms with Gasteiger partial charge >= 0.3 is 18.2 Å². The van der Waals surface area contributed by atoms with Crippen molar-refractivity contribution in [2.24, 2.45) is 0 Å². The van der Waals surface area contributed by atoms with Gasteiger partial charge in [0.05, 0.1) is 24.5 Å². The van der Waals surface area contributed by atoms with Crippen LogP contribution in [0.25, 0.3) is 11.3 Å². The van der Waals surface area contributed by atoms with E-state index < -0.39 is 47.6 Å². The summed E-state index contributed by atoms with van der Waals surface area (Å²) in [6, 6.07) is 2.19. The number of aliphatic hydroxyl groups excluding tert-OH is 1. The van der Waals surface area contributed by atoms with Crippen LogP contribution in [-0.4, -0.2) is 69.3 Å². The van der Waals surface area contributed by atoms with Gasteiger partial charge in [0, 0.05) is 31.0 Å². The molecular formula is C24H27F3N4O6. The minimum Gasteiger partial charge on any atom is -0.465 e. The molecule has 0 spiro atoms. The molecular weight excluding hydrogens is 497 g/mol. The number of pyridine rings is 2. The molecule has 0 saturated carbocycles. The predicted octanol–water partition coefficient (Wildman–Crippen LogP) is 2.94. The molecule has 2 amide bonds. The number of nitrogens with zero attached hydrogens (tertiary/aromatic N) is 3. The van der Waals surface area contributed by atoms with E-state index in [-0.39, 0.29) is 41.9 Å². The van der Waals surface area contributed by atoms with Gasteiger partial charge < -0.3 is 19.9 Å². The first-order chi connectivity index (χ1) is 17.2. The number of amides is 2. The molecule has 1 fully saturated rings. The number of carbonyl (C=O) groups is 3. The number of methoxy groups -OCH3 is 1. The SMILES string of the molecule is COC(=O)c1cnc(-c2ccc(C(F)(F)F)nc2)cc1CNC(=O)C1C(O)CCN1C(=O)OC(C)(C)C. The first kappa shape index (κ1) is 27.8. The number of hydrogen-bond donors (Lipinski definition) is 2. The topological polar surface area (TPSA) is 131 Å². The van der Waals surface area contributed by atoms with Crippen molar-refractivity contribution in [2.75, 3.05) is 13.7 Å². The van der Waals surface area contributed by atoms with Crippen molar-refractivity contribution in [1.82, 2.24) is 20.2 Å². The molecule has 3 heterocycles. The van der Waals surface area contributed by atoms with Crippen LogP contribution in [0.3, 0.4) is 0 Å². The normalized spacial score (nSPS) is 17.9. The molecule has 1 saturated heterocycles. The van der Waals surface area contributed by atoms with Crippen molar-refractivity contribution in [3.05, 3.63) is 47.4 Å². The zero-order chi connectivity index (χ0) is 27.5. The smallest absolute Gasteiger partial charge is 0.433 e. The number of aromatic nitrogens is 2. The van der Waals surface area contributed by atoms with Crippen molar-refractivity contribution < 1.29 is 42.1 Å². The average Bonchev–Trinajstić information content (AvgIpc) is 3.22. The minimum atomic E-state index is -4.60. The molecule has 0 bridgehead atoms. The van der Waals surface area contributed by atoms with Gasteiger partial charge in [-0.25, -0.2) is 9.59 Å². The Hall–Kier alpha value is -3.74. The number of ether oxygens (including phenoxy) is 2. The van der Waals surface area contributed by atoms with Crippen LogP contribution < -0.4 is 5.32 Å². The fourth-order valence-electron chi connectivity index (χ4n) is 3.71. The zero-order valence-electron chi connectivity index (χ0n) is 20.6. The molecule has 3 rings (SSSR count). The number of likely N-dealkylation sites (tertiary alicyclic amines) is 1. The molecule has 2 N–H and O–H groups in total. The highest BCUT2D eigenvalue weighted by atomic mass is 19.4. The number of nitrogens with one attached hydrogen (secondary N) is 1. The van der Waals surface area contributed by atoms with E-state index in [4.69, 9.17) is 9.47 Å². The summed E-state index contributed by atoms with van der Waals surface area (Å²) in [5.41, 5.74) is -1.15. The second kappa shape index (κ2) is 10.7. The number of aliphatic hydroxyl groups is 1. The summed E-state index contributed by atoms with van der Waals surface area (Å²) in [6.45, 7) is 4.91. The summed E-state index contributed by atoms with van der Waals surface area (Å²) in [5, 5.41) is 12.9. The molecule has 0 aliphatic carbocycles. The predicted molar refractivity (Wildman–Crippen MR) is 123 cm³/mol. The highest BCUT2D eigenvalue weighted by Gasteiger charge is 2.42. The molecule has 1 aliphatic heterocycles. The summed E-state index contributed by atoms with van der Waals surface area (Å²) in [4.78, 5) is 46.4. The summed E-state index contributed by atoms with van der Waals surface area (Å²) >= 11 is 0. The highest BCUT2D eigenvalue weighted by molar-refractivity contribution is 5.92. The fraction of sp³-hybridized carbons (Fsp3) is 0.458. The van der Waals surface area contributed by atoms with E-state index in [1.807, 2.05) is 0 Å². The Morgan fingerprint density at radius 2 is 1.86 bits per heavy atom. The van der Waals surface area contributed by atoms with Crippen LogP contribution in [0.15, 0.2) is 30.6 Å². The molecule has 37 heavy (non-hydrogen) atoms. The molecule has 0 radical (unpaired) electrons. The summed E-state index contributed by atoms with van der Waals surface area (Å²) < 4.78 is 48.6. The Bertz CT molecular complexity index is 1160. The number of esters is 1. The minimum absolute atomic E-state index is 0.0161. The van der Waals surface area contributed by atoms with Crippen molar-refractivity contribution in [1.29, 1.82) is 0 Å². The summed E-state index contributed by atoms with van der Waals surface area (Å²) in [5.74, 6) is -1.42. The number of halogens is 3. The van der Waals surface area contributed by atoms with Crippen LogP contribution in [0.5, 0.6) is 0 Å². The molecule has 0 aromatic carbocycles. The largest absolute Gasteiger partial charge is 0.465 e. The zero-order valence-corrected chi connectivity index (χ0v) is 20.6. The van der Waals surface area contributed by atoms with Gasteiger partial charge in [-0.05, 0) is 51.0 Å². The van der Waals surface area contributed by atoms with Crippen LogP contribution >= 0.6 is 0 Å². The molecule has 2 aromatic rings. The van der Waals surface area contributed by atoms with Gasteiger partial charge in [-0.1, -0.05) is 0 Å². The molecule has 10 nitrogen and oxygen atoms in total. The molecule has 200 valence electrons. The third-order valence-corrected chi connectivity index (χ3v) is 5.46. The standard InChI is InChI=1S/C24H27F3N4O6/c1-23(2,3)37-22(35)31-8-7-17(32)19(31)20(33)30-11-14-9-16(28-12-15(14)21(34)36-4)13-5-6-18(29-10-13)24(25,26)27/h5-6,9-10,12,17,19,32H,7-8,11H2,1-4H3,(H,30,33). The fourth-order valence-corrected chi connectivity index (χ4v) is 3.71. The first-order valence-corrected chi connectivity index (χ1v) is 11.3. The summed E-state index contributed by atoms with van der Waals surface area (Å²) in [6.07, 6.45) is -4.13. The van der Waals surface area contributed by atoms with E-state index in [0.717, 1.165) is 24.3 Å². The Balaban J connectivity index is 1.83. The lowest BCUT2D eigenvalue weighted by atomic mass is 10.1. The van der Waals surface area contributed by atoms with Crippen LogP contribution in [-0.2, 0) is 27.0 Å². The van der Waals surface area contributed by atoms with E-state index in [1.165, 1.54) is 18.3 Å². The Kier molecular flexibility index (Phi) is 8.06. The maximum Gasteiger partial charge on any atom is 0.433 e. The van der Waals surface area contributed by atoms with Gasteiger partial charge in [0.15, 0.2) is 0 Å². The Morgan fingerprint density at radius 1 is 1.16 bits per heavy atom. The van der Waals surface area contributed by atoms with Gasteiger partial charge in [-0.2, -0.15) is 13.2 Å². The number of carbonyl (C=O) groups excluding carboxylic acids is 3. The van der Waals surface area contributed by atoms with E-state index in [1.54, 1.807) is 20.8 Å². The highest BCUT2D eigenvalue weighted by Crippen LogP contribution is 2.29.